The quantitative estimate of drug-likeness (QED) is 0.0897. The zero-order chi connectivity index (χ0) is 50.3. The molecule has 0 spiro atoms. The largest absolute Gasteiger partial charge is 0.359 e. The molecule has 0 fully saturated rings. The average molecular weight is 943 g/mol. The summed E-state index contributed by atoms with van der Waals surface area (Å²) in [4.78, 5) is 49.8. The van der Waals surface area contributed by atoms with Gasteiger partial charge in [0.05, 0.1) is 23.5 Å². The maximum atomic E-state index is 14.1. The fraction of sp³-hybridized carbons (Fsp3) is 0.302. The van der Waals surface area contributed by atoms with Gasteiger partial charge in [0.1, 0.15) is 0 Å². The van der Waals surface area contributed by atoms with E-state index < -0.39 is 0 Å². The Morgan fingerprint density at radius 1 is 0.507 bits per heavy atom. The van der Waals surface area contributed by atoms with Gasteiger partial charge in [-0.2, -0.15) is 0 Å². The number of aromatic nitrogens is 2. The van der Waals surface area contributed by atoms with E-state index in [0.717, 1.165) is 85.4 Å². The Kier molecular flexibility index (Phi) is 15.6. The minimum absolute atomic E-state index is 0.0558. The molecule has 0 bridgehead atoms. The highest BCUT2D eigenvalue weighted by atomic mass is 16.2. The van der Waals surface area contributed by atoms with Gasteiger partial charge >= 0.3 is 0 Å². The molecular formula is C63H70N6O2. The van der Waals surface area contributed by atoms with E-state index in [1.807, 2.05) is 82.6 Å². The van der Waals surface area contributed by atoms with Crippen LogP contribution in [0.5, 0.6) is 0 Å². The lowest BCUT2D eigenvalue weighted by molar-refractivity contribution is -0.134. The molecule has 2 amide bonds. The highest BCUT2D eigenvalue weighted by molar-refractivity contribution is 6.09. The lowest BCUT2D eigenvalue weighted by Crippen LogP contribution is -2.33. The summed E-state index contributed by atoms with van der Waals surface area (Å²) in [6.45, 7) is 22.5. The number of carbonyl (C=O) groups is 2. The van der Waals surface area contributed by atoms with Crippen molar-refractivity contribution < 1.29 is 9.59 Å². The van der Waals surface area contributed by atoms with Crippen molar-refractivity contribution in [1.82, 2.24) is 19.8 Å². The topological polar surface area (TPSA) is 96.9 Å². The number of hydrogen-bond acceptors (Lipinski definition) is 4. The van der Waals surface area contributed by atoms with E-state index in [9.17, 15) is 9.59 Å². The van der Waals surface area contributed by atoms with E-state index in [1.165, 1.54) is 33.4 Å². The summed E-state index contributed by atoms with van der Waals surface area (Å²) in [7, 11) is 0. The molecule has 8 rings (SSSR count). The zero-order valence-corrected chi connectivity index (χ0v) is 43.4. The molecule has 8 nitrogen and oxygen atoms in total. The van der Waals surface area contributed by atoms with Gasteiger partial charge in [0.25, 0.3) is 0 Å². The molecule has 2 aliphatic heterocycles. The standard InChI is InChI=1S/C63H70N6O2/c1-40-54(31-33-62(70)68(38-50-23-15-11-16-24-50)48(9)52-27-19-13-20-28-52)44(5)64-58(40)36-60-42(3)56(46(7)66-60)35-57-43(4)61(67-47(57)8)37-59-41(2)55(45(6)65-59)32-34-63(71)69(39-51-25-17-12-18-26-51)49(10)53-29-21-14-22-30-53/h11-30,36-37,48-49,64-65H,31-35,38-39H2,1-10H3/b60-36-,61-37?/t48-,49-/m0/s1. The van der Waals surface area contributed by atoms with Crippen LogP contribution in [0.1, 0.15) is 140 Å². The van der Waals surface area contributed by atoms with Gasteiger partial charge < -0.3 is 19.8 Å². The minimum Gasteiger partial charge on any atom is -0.359 e. The van der Waals surface area contributed by atoms with Crippen molar-refractivity contribution in [3.8, 4) is 0 Å². The number of carbonyl (C=O) groups excluding carboxylic acids is 2. The number of nitrogens with zero attached hydrogens (tertiary/aromatic N) is 4. The Morgan fingerprint density at radius 3 is 1.20 bits per heavy atom. The molecule has 2 N–H and O–H groups in total. The fourth-order valence-electron chi connectivity index (χ4n) is 10.5. The summed E-state index contributed by atoms with van der Waals surface area (Å²) in [6.07, 6.45) is 7.22. The number of nitrogens with one attached hydrogen (secondary N) is 2. The molecule has 4 heterocycles. The molecule has 0 radical (unpaired) electrons. The van der Waals surface area contributed by atoms with Gasteiger partial charge in [0, 0.05) is 66.6 Å². The second-order valence-electron chi connectivity index (χ2n) is 19.6. The van der Waals surface area contributed by atoms with Crippen LogP contribution in [0.15, 0.2) is 165 Å². The molecule has 2 aliphatic rings. The lowest BCUT2D eigenvalue weighted by Gasteiger charge is -2.30. The van der Waals surface area contributed by atoms with Gasteiger partial charge in [0.2, 0.25) is 11.8 Å². The van der Waals surface area contributed by atoms with Gasteiger partial charge in [-0.15, -0.1) is 0 Å². The third-order valence-corrected chi connectivity index (χ3v) is 15.0. The first-order valence-electron chi connectivity index (χ1n) is 25.3. The SMILES string of the molecule is CC1=NC(=Cc2[nH]c(C)c(CCC(=O)N(Cc3ccccc3)[C@@H](C)c3ccccc3)c2C)C(C)=C1CC1=C(C)/C(=C/c2[nH]c(C)c(CCC(=O)N(Cc3ccccc3)[C@@H](C)c3ccccc3)c2C)N=C1C. The maximum Gasteiger partial charge on any atom is 0.223 e. The minimum atomic E-state index is -0.0558. The van der Waals surface area contributed by atoms with Gasteiger partial charge in [-0.05, 0) is 161 Å². The van der Waals surface area contributed by atoms with E-state index in [1.54, 1.807) is 0 Å². The second-order valence-corrected chi connectivity index (χ2v) is 19.6. The van der Waals surface area contributed by atoms with Crippen LogP contribution < -0.4 is 0 Å². The Labute approximate surface area is 421 Å². The van der Waals surface area contributed by atoms with Crippen LogP contribution in [0.3, 0.4) is 0 Å². The van der Waals surface area contributed by atoms with E-state index >= 15 is 0 Å². The number of aliphatic imine (C=N–C) groups is 2. The molecule has 0 saturated carbocycles. The Hall–Kier alpha value is -7.32. The maximum absolute atomic E-state index is 14.1. The van der Waals surface area contributed by atoms with Crippen molar-refractivity contribution in [2.75, 3.05) is 0 Å². The summed E-state index contributed by atoms with van der Waals surface area (Å²) < 4.78 is 0. The zero-order valence-electron chi connectivity index (χ0n) is 43.4. The number of aryl methyl sites for hydroxylation is 2. The van der Waals surface area contributed by atoms with E-state index in [-0.39, 0.29) is 23.9 Å². The van der Waals surface area contributed by atoms with Crippen molar-refractivity contribution in [3.05, 3.63) is 222 Å². The molecule has 6 aromatic rings. The number of hydrogen-bond donors (Lipinski definition) is 2. The van der Waals surface area contributed by atoms with Gasteiger partial charge in [-0.25, -0.2) is 0 Å². The summed E-state index contributed by atoms with van der Waals surface area (Å²) in [5.41, 5.74) is 22.1. The average Bonchev–Trinajstić information content (AvgIpc) is 4.01. The van der Waals surface area contributed by atoms with Crippen molar-refractivity contribution in [2.45, 2.75) is 127 Å². The van der Waals surface area contributed by atoms with Crippen molar-refractivity contribution in [2.24, 2.45) is 9.98 Å². The van der Waals surface area contributed by atoms with Gasteiger partial charge in [-0.3, -0.25) is 19.6 Å². The third kappa shape index (κ3) is 11.3. The van der Waals surface area contributed by atoms with Crippen molar-refractivity contribution >= 4 is 35.4 Å². The number of H-pyrrole nitrogens is 2. The summed E-state index contributed by atoms with van der Waals surface area (Å²) in [5.74, 6) is 0.279. The molecule has 364 valence electrons. The Balaban J connectivity index is 0.951. The molecule has 4 aromatic carbocycles. The van der Waals surface area contributed by atoms with Crippen LogP contribution in [0, 0.1) is 27.7 Å². The van der Waals surface area contributed by atoms with Gasteiger partial charge in [0.15, 0.2) is 0 Å². The summed E-state index contributed by atoms with van der Waals surface area (Å²) in [5, 5.41) is 0. The predicted octanol–water partition coefficient (Wildman–Crippen LogP) is 14.4. The molecule has 2 atom stereocenters. The number of aromatic amines is 2. The number of allylic oxidation sites excluding steroid dienone is 4. The first-order valence-corrected chi connectivity index (χ1v) is 25.3. The van der Waals surface area contributed by atoms with Crippen LogP contribution in [0.2, 0.25) is 0 Å². The number of benzene rings is 4. The predicted molar refractivity (Wildman–Crippen MR) is 293 cm³/mol. The molecule has 0 saturated heterocycles. The molecule has 0 unspecified atom stereocenters. The summed E-state index contributed by atoms with van der Waals surface area (Å²) >= 11 is 0. The highest BCUT2D eigenvalue weighted by Crippen LogP contribution is 2.37. The molecule has 0 aliphatic carbocycles. The second kappa shape index (κ2) is 22.2. The van der Waals surface area contributed by atoms with Crippen LogP contribution in [-0.2, 0) is 35.5 Å². The summed E-state index contributed by atoms with van der Waals surface area (Å²) in [6, 6.07) is 41.0. The van der Waals surface area contributed by atoms with E-state index in [0.29, 0.717) is 38.8 Å². The van der Waals surface area contributed by atoms with Crippen LogP contribution in [0.4, 0.5) is 0 Å². The van der Waals surface area contributed by atoms with Crippen LogP contribution in [-0.4, -0.2) is 43.0 Å². The fourth-order valence-corrected chi connectivity index (χ4v) is 10.5. The number of rotatable bonds is 18. The smallest absolute Gasteiger partial charge is 0.223 e. The Morgan fingerprint density at radius 2 is 0.845 bits per heavy atom. The highest BCUT2D eigenvalue weighted by Gasteiger charge is 2.27. The third-order valence-electron chi connectivity index (χ3n) is 15.0. The first kappa shape index (κ1) is 50.1. The van der Waals surface area contributed by atoms with Crippen molar-refractivity contribution in [1.29, 1.82) is 0 Å². The molecule has 2 aromatic heterocycles. The lowest BCUT2D eigenvalue weighted by atomic mass is 9.93. The first-order chi connectivity index (χ1) is 34.2. The van der Waals surface area contributed by atoms with Crippen molar-refractivity contribution in [3.63, 3.8) is 0 Å². The molecule has 71 heavy (non-hydrogen) atoms. The van der Waals surface area contributed by atoms with Crippen LogP contribution in [0.25, 0.3) is 12.2 Å². The monoisotopic (exact) mass is 943 g/mol. The van der Waals surface area contributed by atoms with E-state index in [4.69, 9.17) is 9.98 Å². The Bertz CT molecular complexity index is 2880. The van der Waals surface area contributed by atoms with Crippen LogP contribution >= 0.6 is 0 Å². The van der Waals surface area contributed by atoms with E-state index in [2.05, 4.69) is 140 Å². The van der Waals surface area contributed by atoms with Gasteiger partial charge in [-0.1, -0.05) is 121 Å². The molecular weight excluding hydrogens is 873 g/mol. The molecule has 8 heteroatoms. The number of amides is 2. The normalized spacial score (nSPS) is 15.7.